The van der Waals surface area contributed by atoms with E-state index in [9.17, 15) is 18.0 Å². The number of nitrogens with zero attached hydrogens (tertiary/aromatic N) is 3. The first-order chi connectivity index (χ1) is 13.8. The Morgan fingerprint density at radius 1 is 1.13 bits per heavy atom. The van der Waals surface area contributed by atoms with Crippen LogP contribution in [0, 0.1) is 13.8 Å². The zero-order chi connectivity index (χ0) is 23.2. The lowest BCUT2D eigenvalue weighted by Crippen LogP contribution is -2.28. The topological polar surface area (TPSA) is 89.2 Å². The van der Waals surface area contributed by atoms with Gasteiger partial charge in [-0.2, -0.15) is 18.3 Å². The number of hydrogen-bond donors (Lipinski definition) is 2. The zero-order valence-electron chi connectivity index (χ0n) is 18.1. The van der Waals surface area contributed by atoms with Gasteiger partial charge in [0.15, 0.2) is 0 Å². The van der Waals surface area contributed by atoms with Gasteiger partial charge in [0.1, 0.15) is 0 Å². The van der Waals surface area contributed by atoms with Crippen molar-refractivity contribution in [3.8, 4) is 0 Å². The molecule has 0 fully saturated rings. The van der Waals surface area contributed by atoms with Gasteiger partial charge >= 0.3 is 12.1 Å². The van der Waals surface area contributed by atoms with Crippen LogP contribution >= 0.6 is 0 Å². The molecule has 30 heavy (non-hydrogen) atoms. The molecule has 0 radical (unpaired) electrons. The van der Waals surface area contributed by atoms with Crippen molar-refractivity contribution < 1.29 is 23.1 Å². The molecule has 2 heterocycles. The van der Waals surface area contributed by atoms with Crippen molar-refractivity contribution in [1.82, 2.24) is 19.7 Å². The van der Waals surface area contributed by atoms with E-state index in [0.717, 1.165) is 41.9 Å². The van der Waals surface area contributed by atoms with Gasteiger partial charge in [0.2, 0.25) is 0 Å². The van der Waals surface area contributed by atoms with Crippen LogP contribution in [0.2, 0.25) is 0 Å². The highest BCUT2D eigenvalue weighted by atomic mass is 19.4. The Morgan fingerprint density at radius 2 is 1.67 bits per heavy atom. The van der Waals surface area contributed by atoms with E-state index >= 15 is 0 Å². The minimum Gasteiger partial charge on any atom is -0.475 e. The van der Waals surface area contributed by atoms with E-state index in [2.05, 4.69) is 30.3 Å². The third kappa shape index (κ3) is 6.19. The summed E-state index contributed by atoms with van der Waals surface area (Å²) in [6, 6.07) is 2.07. The van der Waals surface area contributed by atoms with Crippen LogP contribution in [0.15, 0.2) is 10.9 Å². The maximum absolute atomic E-state index is 12.4. The van der Waals surface area contributed by atoms with Gasteiger partial charge in [-0.3, -0.25) is 9.48 Å². The Kier molecular flexibility index (Phi) is 8.83. The Balaban J connectivity index is 0.000000553. The quantitative estimate of drug-likeness (QED) is 0.736. The summed E-state index contributed by atoms with van der Waals surface area (Å²) in [7, 11) is 3.83. The number of halogens is 3. The highest BCUT2D eigenvalue weighted by Crippen LogP contribution is 2.16. The monoisotopic (exact) mass is 430 g/mol. The average Bonchev–Trinajstić information content (AvgIpc) is 2.97. The number of aliphatic carboxylic acids is 1. The summed E-state index contributed by atoms with van der Waals surface area (Å²) in [6.07, 6.45) is -3.19. The van der Waals surface area contributed by atoms with E-state index in [-0.39, 0.29) is 5.56 Å². The molecule has 0 amide bonds. The number of rotatable bonds is 6. The molecule has 0 aliphatic carbocycles. The molecule has 10 heteroatoms. The number of aryl methyl sites for hydroxylation is 4. The molecule has 2 rings (SSSR count). The number of hydrogen-bond acceptors (Lipinski definition) is 4. The summed E-state index contributed by atoms with van der Waals surface area (Å²) in [5, 5.41) is 15.2. The van der Waals surface area contributed by atoms with Gasteiger partial charge < -0.3 is 15.0 Å². The van der Waals surface area contributed by atoms with Crippen molar-refractivity contribution in [2.45, 2.75) is 59.8 Å². The van der Waals surface area contributed by atoms with E-state index in [1.54, 1.807) is 4.57 Å². The third-order valence-electron chi connectivity index (χ3n) is 4.87. The predicted molar refractivity (Wildman–Crippen MR) is 107 cm³/mol. The molecule has 0 aromatic carbocycles. The molecule has 0 bridgehead atoms. The Hall–Kier alpha value is -2.62. The lowest BCUT2D eigenvalue weighted by atomic mass is 10.1. The molecular weight excluding hydrogens is 401 g/mol. The number of pyridine rings is 1. The van der Waals surface area contributed by atoms with Crippen molar-refractivity contribution in [2.75, 3.05) is 0 Å². The van der Waals surface area contributed by atoms with Crippen LogP contribution in [-0.2, 0) is 44.8 Å². The minimum absolute atomic E-state index is 0.0904. The molecule has 2 aromatic heterocycles. The first kappa shape index (κ1) is 25.4. The maximum atomic E-state index is 12.4. The molecule has 2 aromatic rings. The predicted octanol–water partition coefficient (Wildman–Crippen LogP) is 2.78. The second-order valence-corrected chi connectivity index (χ2v) is 6.92. The number of carbonyl (C=O) groups is 1. The smallest absolute Gasteiger partial charge is 0.475 e. The highest BCUT2D eigenvalue weighted by Gasteiger charge is 2.38. The molecule has 2 N–H and O–H groups in total. The lowest BCUT2D eigenvalue weighted by molar-refractivity contribution is -0.192. The first-order valence-electron chi connectivity index (χ1n) is 9.55. The molecule has 0 aliphatic heterocycles. The molecule has 0 aliphatic rings. The first-order valence-corrected chi connectivity index (χ1v) is 9.55. The summed E-state index contributed by atoms with van der Waals surface area (Å²) in [6.45, 7) is 9.58. The fraction of sp³-hybridized carbons (Fsp3) is 0.550. The summed E-state index contributed by atoms with van der Waals surface area (Å²) in [5.41, 5.74) is 6.67. The Labute approximate surface area is 173 Å². The van der Waals surface area contributed by atoms with Crippen LogP contribution in [0.4, 0.5) is 13.2 Å². The second kappa shape index (κ2) is 10.4. The van der Waals surface area contributed by atoms with Gasteiger partial charge in [0.25, 0.3) is 5.56 Å². The van der Waals surface area contributed by atoms with Crippen molar-refractivity contribution in [2.24, 2.45) is 14.1 Å². The van der Waals surface area contributed by atoms with Crippen LogP contribution < -0.4 is 10.9 Å². The van der Waals surface area contributed by atoms with Crippen LogP contribution in [0.25, 0.3) is 0 Å². The number of aromatic nitrogens is 3. The lowest BCUT2D eigenvalue weighted by Gasteiger charge is -2.12. The molecule has 168 valence electrons. The van der Waals surface area contributed by atoms with Crippen molar-refractivity contribution in [3.63, 3.8) is 0 Å². The Bertz CT molecular complexity index is 946. The van der Waals surface area contributed by atoms with Crippen molar-refractivity contribution in [1.29, 1.82) is 0 Å². The van der Waals surface area contributed by atoms with Gasteiger partial charge in [-0.05, 0) is 38.3 Å². The maximum Gasteiger partial charge on any atom is 0.490 e. The van der Waals surface area contributed by atoms with Gasteiger partial charge in [0, 0.05) is 49.7 Å². The number of carboxylic acids is 1. The van der Waals surface area contributed by atoms with Gasteiger partial charge in [-0.1, -0.05) is 13.8 Å². The summed E-state index contributed by atoms with van der Waals surface area (Å²) < 4.78 is 35.4. The molecule has 0 unspecified atom stereocenters. The van der Waals surface area contributed by atoms with E-state index < -0.39 is 12.1 Å². The van der Waals surface area contributed by atoms with E-state index in [1.165, 1.54) is 11.3 Å². The summed E-state index contributed by atoms with van der Waals surface area (Å²) >= 11 is 0. The fourth-order valence-electron chi connectivity index (χ4n) is 3.15. The molecule has 0 saturated heterocycles. The van der Waals surface area contributed by atoms with Gasteiger partial charge in [-0.25, -0.2) is 4.79 Å². The standard InChI is InChI=1S/C18H28N4O.C2HF3O2/c1-7-16-15(17(8-2)22(6)20-16)11-19-10-14-12(3)9-13(4)21(5)18(14)23;3-2(4,5)1(6)7/h9,19H,7-8,10-11H2,1-6H3;(H,6,7). The molecule has 7 nitrogen and oxygen atoms in total. The molecular formula is C20H29F3N4O3. The summed E-state index contributed by atoms with van der Waals surface area (Å²) in [5.74, 6) is -2.76. The number of alkyl halides is 3. The largest absolute Gasteiger partial charge is 0.490 e. The highest BCUT2D eigenvalue weighted by molar-refractivity contribution is 5.73. The van der Waals surface area contributed by atoms with E-state index in [1.807, 2.05) is 32.6 Å². The molecule has 0 saturated carbocycles. The normalized spacial score (nSPS) is 11.2. The average molecular weight is 430 g/mol. The SMILES string of the molecule is CCc1nn(C)c(CC)c1CNCc1c(C)cc(C)n(C)c1=O.O=C(O)C(F)(F)F. The van der Waals surface area contributed by atoms with E-state index in [4.69, 9.17) is 9.90 Å². The fourth-order valence-corrected chi connectivity index (χ4v) is 3.15. The molecule has 0 atom stereocenters. The van der Waals surface area contributed by atoms with Crippen LogP contribution in [-0.4, -0.2) is 31.6 Å². The van der Waals surface area contributed by atoms with Crippen LogP contribution in [0.5, 0.6) is 0 Å². The zero-order valence-corrected chi connectivity index (χ0v) is 18.1. The van der Waals surface area contributed by atoms with E-state index in [0.29, 0.717) is 6.54 Å². The number of carboxylic acid groups (broad SMARTS) is 1. The third-order valence-corrected chi connectivity index (χ3v) is 4.87. The minimum atomic E-state index is -5.08. The second-order valence-electron chi connectivity index (χ2n) is 6.92. The molecule has 0 spiro atoms. The van der Waals surface area contributed by atoms with Crippen LogP contribution in [0.1, 0.15) is 47.6 Å². The van der Waals surface area contributed by atoms with Crippen molar-refractivity contribution in [3.05, 3.63) is 50.2 Å². The summed E-state index contributed by atoms with van der Waals surface area (Å²) in [4.78, 5) is 21.3. The van der Waals surface area contributed by atoms with Gasteiger partial charge in [-0.15, -0.1) is 0 Å². The van der Waals surface area contributed by atoms with Crippen molar-refractivity contribution >= 4 is 5.97 Å². The Morgan fingerprint density at radius 3 is 2.13 bits per heavy atom. The van der Waals surface area contributed by atoms with Crippen LogP contribution in [0.3, 0.4) is 0 Å². The van der Waals surface area contributed by atoms with Gasteiger partial charge in [0.05, 0.1) is 5.69 Å². The number of nitrogens with one attached hydrogen (secondary N) is 1.